The largest absolute Gasteiger partial charge is 0.366 e. The number of carbonyl (C=O) groups is 1. The Morgan fingerprint density at radius 2 is 2.00 bits per heavy atom. The first kappa shape index (κ1) is 10.5. The van der Waals surface area contributed by atoms with Gasteiger partial charge in [0, 0.05) is 12.7 Å². The molecule has 1 aliphatic heterocycles. The number of nitrogens with zero attached hydrogens (tertiary/aromatic N) is 1. The van der Waals surface area contributed by atoms with Gasteiger partial charge in [-0.2, -0.15) is 0 Å². The summed E-state index contributed by atoms with van der Waals surface area (Å²) in [6.07, 6.45) is 5.29. The van der Waals surface area contributed by atoms with Gasteiger partial charge in [-0.1, -0.05) is 36.4 Å². The third kappa shape index (κ3) is 2.51. The van der Waals surface area contributed by atoms with Crippen LogP contribution in [0.2, 0.25) is 0 Å². The van der Waals surface area contributed by atoms with Gasteiger partial charge in [0.25, 0.3) is 0 Å². The highest BCUT2D eigenvalue weighted by Crippen LogP contribution is 2.13. The van der Waals surface area contributed by atoms with Crippen molar-refractivity contribution in [2.75, 3.05) is 0 Å². The maximum Gasteiger partial charge on any atom is 0.250 e. The maximum absolute atomic E-state index is 11.0. The number of benzene rings is 1. The minimum atomic E-state index is -0.401. The zero-order valence-electron chi connectivity index (χ0n) is 8.84. The van der Waals surface area contributed by atoms with Crippen LogP contribution >= 0.6 is 0 Å². The topological polar surface area (TPSA) is 46.3 Å². The first-order chi connectivity index (χ1) is 7.75. The van der Waals surface area contributed by atoms with Gasteiger partial charge in [0.05, 0.1) is 12.1 Å². The van der Waals surface area contributed by atoms with Crippen molar-refractivity contribution in [3.63, 3.8) is 0 Å². The molecule has 0 aromatic heterocycles. The molecule has 1 aromatic carbocycles. The molecule has 2 rings (SSSR count). The van der Waals surface area contributed by atoms with Gasteiger partial charge in [-0.3, -0.25) is 4.79 Å². The highest BCUT2D eigenvalue weighted by molar-refractivity contribution is 5.94. The summed E-state index contributed by atoms with van der Waals surface area (Å²) in [4.78, 5) is 13.0. The van der Waals surface area contributed by atoms with E-state index in [4.69, 9.17) is 5.73 Å². The molecule has 1 aromatic rings. The molecule has 0 spiro atoms. The molecule has 0 saturated heterocycles. The van der Waals surface area contributed by atoms with E-state index in [-0.39, 0.29) is 0 Å². The molecule has 2 N–H and O–H groups in total. The van der Waals surface area contributed by atoms with E-state index < -0.39 is 5.91 Å². The fourth-order valence-corrected chi connectivity index (χ4v) is 1.56. The molecule has 81 valence electrons. The van der Waals surface area contributed by atoms with Crippen molar-refractivity contribution in [3.05, 3.63) is 66.4 Å². The summed E-state index contributed by atoms with van der Waals surface area (Å²) >= 11 is 0. The Morgan fingerprint density at radius 1 is 1.25 bits per heavy atom. The number of hydrogen-bond donors (Lipinski definition) is 1. The van der Waals surface area contributed by atoms with Crippen LogP contribution in [0.1, 0.15) is 5.56 Å². The smallest absolute Gasteiger partial charge is 0.250 e. The molecule has 1 amide bonds. The quantitative estimate of drug-likeness (QED) is 0.828. The Bertz CT molecular complexity index is 435. The minimum Gasteiger partial charge on any atom is -0.366 e. The molecule has 16 heavy (non-hydrogen) atoms. The Hall–Kier alpha value is -2.03. The number of rotatable bonds is 3. The van der Waals surface area contributed by atoms with E-state index in [1.54, 1.807) is 12.3 Å². The summed E-state index contributed by atoms with van der Waals surface area (Å²) in [5.41, 5.74) is 6.94. The van der Waals surface area contributed by atoms with Crippen molar-refractivity contribution >= 4 is 5.91 Å². The van der Waals surface area contributed by atoms with Gasteiger partial charge in [-0.05, 0) is 11.6 Å². The maximum atomic E-state index is 11.0. The van der Waals surface area contributed by atoms with Crippen LogP contribution < -0.4 is 5.73 Å². The number of carbonyl (C=O) groups excluding carboxylic acids is 1. The fraction of sp³-hybridized carbons (Fsp3) is 0.0769. The van der Waals surface area contributed by atoms with Gasteiger partial charge in [0.15, 0.2) is 0 Å². The molecule has 0 atom stereocenters. The van der Waals surface area contributed by atoms with Crippen LogP contribution in [0.25, 0.3) is 0 Å². The van der Waals surface area contributed by atoms with Crippen molar-refractivity contribution in [1.82, 2.24) is 4.90 Å². The van der Waals surface area contributed by atoms with Gasteiger partial charge in [-0.25, -0.2) is 0 Å². The van der Waals surface area contributed by atoms with Crippen molar-refractivity contribution < 1.29 is 4.79 Å². The number of primary amides is 1. The van der Waals surface area contributed by atoms with Crippen LogP contribution in [-0.2, 0) is 11.3 Å². The predicted octanol–water partition coefficient (Wildman–Crippen LogP) is 1.59. The lowest BCUT2D eigenvalue weighted by atomic mass is 10.1. The second kappa shape index (κ2) is 4.66. The zero-order valence-corrected chi connectivity index (χ0v) is 8.84. The normalized spacial score (nSPS) is 14.8. The Kier molecular flexibility index (Phi) is 3.05. The second-order valence-electron chi connectivity index (χ2n) is 3.61. The number of hydrogen-bond acceptors (Lipinski definition) is 2. The lowest BCUT2D eigenvalue weighted by Gasteiger charge is -2.21. The van der Waals surface area contributed by atoms with Crippen LogP contribution in [0.3, 0.4) is 0 Å². The highest BCUT2D eigenvalue weighted by atomic mass is 16.1. The lowest BCUT2D eigenvalue weighted by molar-refractivity contribution is -0.114. The summed E-state index contributed by atoms with van der Waals surface area (Å²) in [6, 6.07) is 10.1. The van der Waals surface area contributed by atoms with Crippen LogP contribution in [0.5, 0.6) is 0 Å². The van der Waals surface area contributed by atoms with Gasteiger partial charge in [0.1, 0.15) is 0 Å². The van der Waals surface area contributed by atoms with Gasteiger partial charge in [0.2, 0.25) is 5.91 Å². The molecular formula is C13H13N2O. The van der Waals surface area contributed by atoms with E-state index in [0.29, 0.717) is 5.57 Å². The Morgan fingerprint density at radius 3 is 2.69 bits per heavy atom. The van der Waals surface area contributed by atoms with E-state index in [9.17, 15) is 4.79 Å². The van der Waals surface area contributed by atoms with E-state index in [1.807, 2.05) is 47.9 Å². The van der Waals surface area contributed by atoms with Crippen molar-refractivity contribution in [2.45, 2.75) is 6.54 Å². The molecule has 0 saturated carbocycles. The molecule has 1 aliphatic rings. The van der Waals surface area contributed by atoms with Gasteiger partial charge in [-0.15, -0.1) is 0 Å². The van der Waals surface area contributed by atoms with Crippen LogP contribution in [0.4, 0.5) is 0 Å². The first-order valence-electron chi connectivity index (χ1n) is 5.08. The second-order valence-corrected chi connectivity index (χ2v) is 3.61. The predicted molar refractivity (Wildman–Crippen MR) is 62.7 cm³/mol. The molecule has 0 unspecified atom stereocenters. The van der Waals surface area contributed by atoms with Crippen LogP contribution in [-0.4, -0.2) is 10.8 Å². The zero-order chi connectivity index (χ0) is 11.4. The Balaban J connectivity index is 2.07. The summed E-state index contributed by atoms with van der Waals surface area (Å²) in [5, 5.41) is 0. The molecule has 1 heterocycles. The number of nitrogens with two attached hydrogens (primary N) is 1. The lowest BCUT2D eigenvalue weighted by Crippen LogP contribution is -2.21. The third-order valence-electron chi connectivity index (χ3n) is 2.35. The average Bonchev–Trinajstić information content (AvgIpc) is 2.30. The van der Waals surface area contributed by atoms with Crippen LogP contribution in [0, 0.1) is 6.54 Å². The SMILES string of the molecule is NC(=O)C1=CN(Cc2ccccc2)[CH]C=C1. The molecule has 3 nitrogen and oxygen atoms in total. The minimum absolute atomic E-state index is 0.401. The third-order valence-corrected chi connectivity index (χ3v) is 2.35. The molecule has 0 bridgehead atoms. The monoisotopic (exact) mass is 213 g/mol. The molecular weight excluding hydrogens is 200 g/mol. The number of amides is 1. The van der Waals surface area contributed by atoms with Gasteiger partial charge >= 0.3 is 0 Å². The molecule has 1 radical (unpaired) electrons. The van der Waals surface area contributed by atoms with E-state index in [2.05, 4.69) is 0 Å². The van der Waals surface area contributed by atoms with Crippen molar-refractivity contribution in [2.24, 2.45) is 5.73 Å². The fourth-order valence-electron chi connectivity index (χ4n) is 1.56. The van der Waals surface area contributed by atoms with Gasteiger partial charge < -0.3 is 10.6 Å². The standard InChI is InChI=1S/C13H13N2O/c14-13(16)12-7-4-8-15(10-12)9-11-5-2-1-3-6-11/h1-8,10H,9H2,(H2,14,16). The van der Waals surface area contributed by atoms with E-state index in [1.165, 1.54) is 5.56 Å². The summed E-state index contributed by atoms with van der Waals surface area (Å²) in [5.74, 6) is -0.401. The average molecular weight is 213 g/mol. The van der Waals surface area contributed by atoms with E-state index >= 15 is 0 Å². The first-order valence-corrected chi connectivity index (χ1v) is 5.08. The molecule has 0 aliphatic carbocycles. The summed E-state index contributed by atoms with van der Waals surface area (Å²) < 4.78 is 0. The van der Waals surface area contributed by atoms with E-state index in [0.717, 1.165) is 6.54 Å². The molecule has 3 heteroatoms. The Labute approximate surface area is 94.9 Å². The summed E-state index contributed by atoms with van der Waals surface area (Å²) in [6.45, 7) is 2.65. The highest BCUT2D eigenvalue weighted by Gasteiger charge is 2.09. The van der Waals surface area contributed by atoms with Crippen molar-refractivity contribution in [3.8, 4) is 0 Å². The van der Waals surface area contributed by atoms with Crippen LogP contribution in [0.15, 0.2) is 54.3 Å². The van der Waals surface area contributed by atoms with Crippen molar-refractivity contribution in [1.29, 1.82) is 0 Å². The summed E-state index contributed by atoms with van der Waals surface area (Å²) in [7, 11) is 0. The molecule has 0 fully saturated rings.